The van der Waals surface area contributed by atoms with Gasteiger partial charge in [0.25, 0.3) is 0 Å². The van der Waals surface area contributed by atoms with Crippen molar-refractivity contribution in [3.63, 3.8) is 0 Å². The van der Waals surface area contributed by atoms with E-state index in [4.69, 9.17) is 8.37 Å². The maximum absolute atomic E-state index is 14.7. The fourth-order valence-corrected chi connectivity index (χ4v) is 9.10. The average molecular weight is 583 g/mol. The van der Waals surface area contributed by atoms with Gasteiger partial charge >= 0.3 is 10.1 Å². The van der Waals surface area contributed by atoms with Gasteiger partial charge in [-0.1, -0.05) is 36.4 Å². The summed E-state index contributed by atoms with van der Waals surface area (Å²) >= 11 is 0. The van der Waals surface area contributed by atoms with Crippen LogP contribution in [0.4, 0.5) is 22.0 Å². The Morgan fingerprint density at radius 1 is 0.564 bits per heavy atom. The molecule has 4 aromatic carbocycles. The lowest BCUT2D eigenvalue weighted by atomic mass is 10.2. The van der Waals surface area contributed by atoms with Crippen molar-refractivity contribution in [3.05, 3.63) is 114 Å². The third kappa shape index (κ3) is 5.52. The lowest BCUT2D eigenvalue weighted by molar-refractivity contribution is 0.131. The smallest absolute Gasteiger partial charge is 0.313 e. The molecule has 0 unspecified atom stereocenters. The van der Waals surface area contributed by atoms with E-state index in [0.717, 1.165) is 0 Å². The first-order valence-electron chi connectivity index (χ1n) is 11.5. The molecule has 0 aromatic heterocycles. The molecule has 0 saturated carbocycles. The topological polar surface area (TPSA) is 52.6 Å². The molecule has 0 atom stereocenters. The van der Waals surface area contributed by atoms with Gasteiger partial charge in [0.2, 0.25) is 5.82 Å². The van der Waals surface area contributed by atoms with Crippen LogP contribution in [0, 0.1) is 29.1 Å². The molecule has 4 aromatic rings. The molecular weight excluding hydrogens is 559 g/mol. The van der Waals surface area contributed by atoms with E-state index in [2.05, 4.69) is 0 Å². The summed E-state index contributed by atoms with van der Waals surface area (Å²) in [5.41, 5.74) is -0.546. The zero-order valence-electron chi connectivity index (χ0n) is 20.9. The van der Waals surface area contributed by atoms with Crippen LogP contribution in [0.1, 0.15) is 20.8 Å². The molecule has 206 valence electrons. The van der Waals surface area contributed by atoms with Crippen LogP contribution in [-0.2, 0) is 13.7 Å². The maximum Gasteiger partial charge on any atom is 0.313 e. The monoisotopic (exact) mass is 582 g/mol. The molecule has 0 heterocycles. The molecule has 4 rings (SSSR count). The van der Waals surface area contributed by atoms with Crippen LogP contribution in [0.15, 0.2) is 105 Å². The van der Waals surface area contributed by atoms with E-state index in [1.165, 1.54) is 12.1 Å². The fraction of sp³-hybridized carbons (Fsp3) is 0.143. The van der Waals surface area contributed by atoms with E-state index in [9.17, 15) is 30.4 Å². The van der Waals surface area contributed by atoms with Crippen molar-refractivity contribution in [2.24, 2.45) is 0 Å². The molecule has 0 N–H and O–H groups in total. The van der Waals surface area contributed by atoms with Crippen molar-refractivity contribution in [2.45, 2.75) is 46.0 Å². The Hall–Kier alpha value is -3.41. The van der Waals surface area contributed by atoms with E-state index in [-0.39, 0.29) is 14.7 Å². The second-order valence-corrected chi connectivity index (χ2v) is 13.7. The first-order chi connectivity index (χ1) is 18.3. The molecule has 11 heteroatoms. The number of hydrogen-bond acceptors (Lipinski definition) is 4. The minimum Gasteiger partial charge on any atom is -0.488 e. The van der Waals surface area contributed by atoms with Crippen molar-refractivity contribution in [1.82, 2.24) is 0 Å². The van der Waals surface area contributed by atoms with Gasteiger partial charge in [-0.25, -0.2) is 25.6 Å². The van der Waals surface area contributed by atoms with Crippen LogP contribution in [-0.4, -0.2) is 14.0 Å². The lowest BCUT2D eigenvalue weighted by Crippen LogP contribution is -2.23. The predicted octanol–water partition coefficient (Wildman–Crippen LogP) is 8.16. The minimum atomic E-state index is -5.62. The van der Waals surface area contributed by atoms with Crippen molar-refractivity contribution < 1.29 is 38.7 Å². The van der Waals surface area contributed by atoms with Gasteiger partial charge in [0, 0.05) is 14.7 Å². The van der Waals surface area contributed by atoms with Gasteiger partial charge in [-0.3, -0.25) is 0 Å². The van der Waals surface area contributed by atoms with Gasteiger partial charge in [0.05, 0.1) is 0 Å². The summed E-state index contributed by atoms with van der Waals surface area (Å²) in [6, 6.07) is 22.2. The molecular formula is C28H23F5O4S2. The molecule has 4 nitrogen and oxygen atoms in total. The third-order valence-corrected chi connectivity index (χ3v) is 10.5. The largest absolute Gasteiger partial charge is 0.488 e. The summed E-state index contributed by atoms with van der Waals surface area (Å²) in [6.45, 7) is 5.51. The molecule has 0 bridgehead atoms. The Kier molecular flexibility index (Phi) is 7.79. The van der Waals surface area contributed by atoms with Crippen molar-refractivity contribution in [2.75, 3.05) is 0 Å². The van der Waals surface area contributed by atoms with Crippen LogP contribution in [0.2, 0.25) is 0 Å². The van der Waals surface area contributed by atoms with Gasteiger partial charge in [-0.2, -0.15) is 8.42 Å². The highest BCUT2D eigenvalue weighted by atomic mass is 32.3. The Bertz CT molecular complexity index is 1520. The molecule has 0 radical (unpaired) electrons. The van der Waals surface area contributed by atoms with E-state index >= 15 is 0 Å². The Balaban J connectivity index is 2.02. The lowest BCUT2D eigenvalue weighted by Gasteiger charge is -2.39. The van der Waals surface area contributed by atoms with Crippen LogP contribution < -0.4 is 4.74 Å². The van der Waals surface area contributed by atoms with E-state index in [1.807, 2.05) is 20.8 Å². The zero-order valence-corrected chi connectivity index (χ0v) is 22.6. The quantitative estimate of drug-likeness (QED) is 0.125. The fourth-order valence-electron chi connectivity index (χ4n) is 3.78. The van der Waals surface area contributed by atoms with Crippen molar-refractivity contribution in [1.29, 1.82) is 0 Å². The summed E-state index contributed by atoms with van der Waals surface area (Å²) in [6.07, 6.45) is 0. The van der Waals surface area contributed by atoms with Crippen LogP contribution in [0.25, 0.3) is 0 Å². The Morgan fingerprint density at radius 2 is 0.949 bits per heavy atom. The number of rotatable bonds is 7. The van der Waals surface area contributed by atoms with Crippen LogP contribution >= 0.6 is 10.3 Å². The summed E-state index contributed by atoms with van der Waals surface area (Å²) < 4.78 is 110. The van der Waals surface area contributed by atoms with Gasteiger partial charge in [-0.05, 0) is 79.6 Å². The van der Waals surface area contributed by atoms with E-state index in [0.29, 0.717) is 5.75 Å². The van der Waals surface area contributed by atoms with Gasteiger partial charge < -0.3 is 4.74 Å². The third-order valence-electron chi connectivity index (χ3n) is 5.34. The second kappa shape index (κ2) is 10.6. The molecule has 0 amide bonds. The highest BCUT2D eigenvalue weighted by Gasteiger charge is 2.42. The second-order valence-electron chi connectivity index (χ2n) is 9.29. The van der Waals surface area contributed by atoms with Gasteiger partial charge in [-0.15, -0.1) is 0 Å². The molecule has 39 heavy (non-hydrogen) atoms. The molecule has 0 aliphatic carbocycles. The molecule has 0 saturated heterocycles. The SMILES string of the molecule is CC(C)(C)Oc1ccc(S(OS(=O)(=O)c2c(F)c(F)c(F)c(F)c2F)(c2ccccc2)c2ccccc2)cc1. The number of halogens is 5. The van der Waals surface area contributed by atoms with Gasteiger partial charge in [0.15, 0.2) is 28.2 Å². The summed E-state index contributed by atoms with van der Waals surface area (Å²) in [5, 5.41) is 0. The summed E-state index contributed by atoms with van der Waals surface area (Å²) in [4.78, 5) is -1.25. The number of hydrogen-bond donors (Lipinski definition) is 0. The Morgan fingerprint density at radius 3 is 1.36 bits per heavy atom. The molecule has 0 fully saturated rings. The van der Waals surface area contributed by atoms with Gasteiger partial charge in [0.1, 0.15) is 11.4 Å². The van der Waals surface area contributed by atoms with Crippen LogP contribution in [0.3, 0.4) is 0 Å². The molecule has 0 aliphatic rings. The van der Waals surface area contributed by atoms with E-state index in [1.54, 1.807) is 72.8 Å². The standard InChI is InChI=1S/C28H23F5O4S2/c1-28(2,3)36-18-14-16-21(17-15-18)38(19-10-6-4-7-11-19,20-12-8-5-9-13-20)37-39(34,35)27-25(32)23(30)22(29)24(31)26(27)33/h4-17H,1-3H3. The maximum atomic E-state index is 14.7. The molecule has 0 aliphatic heterocycles. The highest BCUT2D eigenvalue weighted by molar-refractivity contribution is 8.33. The van der Waals surface area contributed by atoms with Crippen molar-refractivity contribution in [3.8, 4) is 5.75 Å². The summed E-state index contributed by atoms with van der Waals surface area (Å²) in [7, 11) is -9.00. The number of ether oxygens (including phenoxy) is 1. The first kappa shape index (κ1) is 28.6. The first-order valence-corrected chi connectivity index (χ1v) is 14.4. The predicted molar refractivity (Wildman–Crippen MR) is 137 cm³/mol. The highest BCUT2D eigenvalue weighted by Crippen LogP contribution is 2.70. The minimum absolute atomic E-state index is 0.258. The van der Waals surface area contributed by atoms with Crippen LogP contribution in [0.5, 0.6) is 5.75 Å². The number of benzene rings is 4. The molecule has 0 spiro atoms. The summed E-state index contributed by atoms with van der Waals surface area (Å²) in [5.74, 6) is -11.9. The van der Waals surface area contributed by atoms with E-state index < -0.39 is 60.0 Å². The normalized spacial score (nSPS) is 12.8. The zero-order chi connectivity index (χ0) is 28.6. The van der Waals surface area contributed by atoms with Crippen molar-refractivity contribution >= 4 is 20.4 Å². The Labute approximate surface area is 224 Å². The average Bonchev–Trinajstić information content (AvgIpc) is 2.90.